The number of nitrogens with zero attached hydrogens (tertiary/aromatic N) is 1. The monoisotopic (exact) mass is 557 g/mol. The molecule has 0 bridgehead atoms. The lowest BCUT2D eigenvalue weighted by atomic mass is 10.1. The number of alkyl halides is 2. The van der Waals surface area contributed by atoms with E-state index >= 15 is 0 Å². The van der Waals surface area contributed by atoms with Crippen LogP contribution in [0.2, 0.25) is 0 Å². The highest BCUT2D eigenvalue weighted by molar-refractivity contribution is 14.0. The van der Waals surface area contributed by atoms with Gasteiger partial charge < -0.3 is 34.3 Å². The quantitative estimate of drug-likeness (QED) is 0.198. The van der Waals surface area contributed by atoms with Gasteiger partial charge in [-0.15, -0.1) is 24.0 Å². The summed E-state index contributed by atoms with van der Waals surface area (Å²) in [6.07, 6.45) is 2.98. The molecular formula is C20H30F2IN3O5. The Hall–Kier alpha value is -1.60. The summed E-state index contributed by atoms with van der Waals surface area (Å²) >= 11 is 0. The molecule has 3 rings (SSSR count). The van der Waals surface area contributed by atoms with E-state index < -0.39 is 6.61 Å². The number of aliphatic imine (C=N–C) groups is 1. The number of halogens is 3. The summed E-state index contributed by atoms with van der Waals surface area (Å²) in [5.41, 5.74) is 0.486. The maximum Gasteiger partial charge on any atom is 0.387 e. The summed E-state index contributed by atoms with van der Waals surface area (Å²) in [6.45, 7) is 2.75. The highest BCUT2D eigenvalue weighted by Crippen LogP contribution is 2.39. The zero-order chi connectivity index (χ0) is 21.2. The average molecular weight is 557 g/mol. The number of rotatable bonds is 10. The molecule has 1 saturated heterocycles. The fourth-order valence-electron chi connectivity index (χ4n) is 3.17. The molecule has 0 saturated carbocycles. The minimum atomic E-state index is -2.94. The van der Waals surface area contributed by atoms with Crippen molar-refractivity contribution in [3.8, 4) is 17.2 Å². The van der Waals surface area contributed by atoms with Gasteiger partial charge >= 0.3 is 6.61 Å². The van der Waals surface area contributed by atoms with Crippen LogP contribution >= 0.6 is 24.0 Å². The Balaban J connectivity index is 0.00000341. The van der Waals surface area contributed by atoms with Crippen molar-refractivity contribution < 1.29 is 32.5 Å². The first-order valence-corrected chi connectivity index (χ1v) is 10.2. The van der Waals surface area contributed by atoms with Gasteiger partial charge in [0.2, 0.25) is 6.79 Å². The van der Waals surface area contributed by atoms with Crippen molar-refractivity contribution in [1.82, 2.24) is 10.6 Å². The summed E-state index contributed by atoms with van der Waals surface area (Å²) in [4.78, 5) is 4.48. The highest BCUT2D eigenvalue weighted by atomic mass is 127. The van der Waals surface area contributed by atoms with E-state index in [1.807, 2.05) is 6.92 Å². The first-order valence-electron chi connectivity index (χ1n) is 10.2. The van der Waals surface area contributed by atoms with Crippen LogP contribution in [-0.4, -0.2) is 58.4 Å². The molecule has 1 aromatic rings. The SMILES string of the molecule is CCNC(=NCc1cc2c(cc1OC(F)F)OCO2)NCCCOC1CCOCC1.I. The predicted octanol–water partition coefficient (Wildman–Crippen LogP) is 3.28. The van der Waals surface area contributed by atoms with Crippen LogP contribution in [0.1, 0.15) is 31.7 Å². The van der Waals surface area contributed by atoms with E-state index in [1.54, 1.807) is 6.07 Å². The topological polar surface area (TPSA) is 82.6 Å². The van der Waals surface area contributed by atoms with Gasteiger partial charge in [0, 0.05) is 44.5 Å². The van der Waals surface area contributed by atoms with E-state index in [2.05, 4.69) is 20.4 Å². The molecule has 0 aliphatic carbocycles. The minimum absolute atomic E-state index is 0. The van der Waals surface area contributed by atoms with Gasteiger partial charge in [-0.3, -0.25) is 0 Å². The smallest absolute Gasteiger partial charge is 0.387 e. The second-order valence-electron chi connectivity index (χ2n) is 6.85. The number of benzene rings is 1. The molecule has 176 valence electrons. The lowest BCUT2D eigenvalue weighted by Crippen LogP contribution is -2.38. The molecule has 0 radical (unpaired) electrons. The second kappa shape index (κ2) is 13.7. The number of ether oxygens (including phenoxy) is 5. The van der Waals surface area contributed by atoms with Crippen molar-refractivity contribution >= 4 is 29.9 Å². The fourth-order valence-corrected chi connectivity index (χ4v) is 3.17. The Morgan fingerprint density at radius 2 is 1.94 bits per heavy atom. The fraction of sp³-hybridized carbons (Fsp3) is 0.650. The van der Waals surface area contributed by atoms with E-state index in [0.29, 0.717) is 42.7 Å². The summed E-state index contributed by atoms with van der Waals surface area (Å²) in [5, 5.41) is 6.37. The van der Waals surface area contributed by atoms with Crippen LogP contribution in [-0.2, 0) is 16.0 Å². The Morgan fingerprint density at radius 3 is 2.65 bits per heavy atom. The number of nitrogens with one attached hydrogen (secondary N) is 2. The maximum absolute atomic E-state index is 12.8. The molecule has 8 nitrogen and oxygen atoms in total. The van der Waals surface area contributed by atoms with Crippen molar-refractivity contribution in [2.24, 2.45) is 4.99 Å². The van der Waals surface area contributed by atoms with Gasteiger partial charge in [0.25, 0.3) is 0 Å². The van der Waals surface area contributed by atoms with Gasteiger partial charge in [-0.05, 0) is 32.3 Å². The third-order valence-corrected chi connectivity index (χ3v) is 4.66. The zero-order valence-corrected chi connectivity index (χ0v) is 19.9. The minimum Gasteiger partial charge on any atom is -0.454 e. The summed E-state index contributed by atoms with van der Waals surface area (Å²) in [6, 6.07) is 3.03. The number of guanidine groups is 1. The van der Waals surface area contributed by atoms with Crippen molar-refractivity contribution in [3.63, 3.8) is 0 Å². The molecule has 2 heterocycles. The molecule has 2 aliphatic heterocycles. The second-order valence-corrected chi connectivity index (χ2v) is 6.85. The number of hydrogen-bond donors (Lipinski definition) is 2. The standard InChI is InChI=1S/C20H29F2N3O5.HI/c1-2-23-20(24-6-3-7-27-15-4-8-26-9-5-15)25-12-14-10-17-18(29-13-28-17)11-16(14)30-19(21)22;/h10-11,15,19H,2-9,12-13H2,1H3,(H2,23,24,25);1H. The van der Waals surface area contributed by atoms with Crippen LogP contribution in [0.3, 0.4) is 0 Å². The maximum atomic E-state index is 12.8. The number of hydrogen-bond acceptors (Lipinski definition) is 6. The van der Waals surface area contributed by atoms with E-state index in [1.165, 1.54) is 6.07 Å². The van der Waals surface area contributed by atoms with Crippen molar-refractivity contribution in [3.05, 3.63) is 17.7 Å². The van der Waals surface area contributed by atoms with Gasteiger partial charge in [-0.1, -0.05) is 0 Å². The molecule has 1 fully saturated rings. The molecule has 2 N–H and O–H groups in total. The van der Waals surface area contributed by atoms with E-state index in [4.69, 9.17) is 18.9 Å². The molecule has 0 aromatic heterocycles. The van der Waals surface area contributed by atoms with Gasteiger partial charge in [0.1, 0.15) is 5.75 Å². The van der Waals surface area contributed by atoms with Crippen LogP contribution in [0.25, 0.3) is 0 Å². The molecule has 1 aromatic carbocycles. The molecule has 0 unspecified atom stereocenters. The molecule has 0 amide bonds. The van der Waals surface area contributed by atoms with Crippen LogP contribution in [0.4, 0.5) is 8.78 Å². The predicted molar refractivity (Wildman–Crippen MR) is 122 cm³/mol. The van der Waals surface area contributed by atoms with Crippen molar-refractivity contribution in [2.45, 2.75) is 45.4 Å². The molecule has 0 atom stereocenters. The van der Waals surface area contributed by atoms with Crippen LogP contribution in [0.5, 0.6) is 17.2 Å². The summed E-state index contributed by atoms with van der Waals surface area (Å²) in [5.74, 6) is 1.49. The summed E-state index contributed by atoms with van der Waals surface area (Å²) < 4.78 is 51.9. The Morgan fingerprint density at radius 1 is 1.19 bits per heavy atom. The van der Waals surface area contributed by atoms with E-state index in [0.717, 1.165) is 32.5 Å². The molecule has 31 heavy (non-hydrogen) atoms. The molecule has 2 aliphatic rings. The largest absolute Gasteiger partial charge is 0.454 e. The van der Waals surface area contributed by atoms with Gasteiger partial charge in [-0.25, -0.2) is 4.99 Å². The first-order chi connectivity index (χ1) is 14.7. The third kappa shape index (κ3) is 8.45. The normalized spacial score (nSPS) is 16.2. The van der Waals surface area contributed by atoms with Gasteiger partial charge in [-0.2, -0.15) is 8.78 Å². The Labute approximate surface area is 198 Å². The average Bonchev–Trinajstić information content (AvgIpc) is 3.19. The van der Waals surface area contributed by atoms with Crippen molar-refractivity contribution in [1.29, 1.82) is 0 Å². The van der Waals surface area contributed by atoms with E-state index in [9.17, 15) is 8.78 Å². The Kier molecular flexibility index (Phi) is 11.4. The molecular weight excluding hydrogens is 527 g/mol. The molecule has 11 heteroatoms. The van der Waals surface area contributed by atoms with Gasteiger partial charge in [0.05, 0.1) is 12.6 Å². The third-order valence-electron chi connectivity index (χ3n) is 4.66. The van der Waals surface area contributed by atoms with Crippen molar-refractivity contribution in [2.75, 3.05) is 39.7 Å². The van der Waals surface area contributed by atoms with Gasteiger partial charge in [0.15, 0.2) is 17.5 Å². The van der Waals surface area contributed by atoms with Crippen LogP contribution < -0.4 is 24.8 Å². The highest BCUT2D eigenvalue weighted by Gasteiger charge is 2.20. The van der Waals surface area contributed by atoms with E-state index in [-0.39, 0.29) is 49.2 Å². The van der Waals surface area contributed by atoms with Crippen LogP contribution in [0, 0.1) is 0 Å². The zero-order valence-electron chi connectivity index (χ0n) is 17.5. The Bertz CT molecular complexity index is 706. The number of fused-ring (bicyclic) bond motifs is 1. The molecule has 0 spiro atoms. The first kappa shape index (κ1) is 25.7. The lowest BCUT2D eigenvalue weighted by molar-refractivity contribution is -0.0505. The lowest BCUT2D eigenvalue weighted by Gasteiger charge is -2.22. The van der Waals surface area contributed by atoms with Crippen LogP contribution in [0.15, 0.2) is 17.1 Å². The summed E-state index contributed by atoms with van der Waals surface area (Å²) in [7, 11) is 0.